The van der Waals surface area contributed by atoms with E-state index in [9.17, 15) is 4.79 Å². The van der Waals surface area contributed by atoms with E-state index in [0.717, 1.165) is 59.9 Å². The Bertz CT molecular complexity index is 996. The summed E-state index contributed by atoms with van der Waals surface area (Å²) >= 11 is 3.35. The number of piperazine rings is 1. The summed E-state index contributed by atoms with van der Waals surface area (Å²) in [6.45, 7) is 4.19. The van der Waals surface area contributed by atoms with E-state index in [4.69, 9.17) is 0 Å². The number of hydrogen-bond donors (Lipinski definition) is 1. The molecule has 1 atom stereocenters. The number of thiazole rings is 1. The first-order valence-corrected chi connectivity index (χ1v) is 10.7. The van der Waals surface area contributed by atoms with E-state index >= 15 is 0 Å². The Labute approximate surface area is 159 Å². The van der Waals surface area contributed by atoms with Crippen LogP contribution in [-0.2, 0) is 0 Å². The van der Waals surface area contributed by atoms with E-state index in [1.54, 1.807) is 22.7 Å². The molecule has 3 aromatic heterocycles. The van der Waals surface area contributed by atoms with Crippen LogP contribution in [0.3, 0.4) is 0 Å². The molecule has 7 heteroatoms. The zero-order chi connectivity index (χ0) is 17.5. The molecule has 5 rings (SSSR count). The third kappa shape index (κ3) is 2.90. The minimum atomic E-state index is 0.0279. The molecule has 0 bridgehead atoms. The van der Waals surface area contributed by atoms with E-state index in [2.05, 4.69) is 31.9 Å². The molecule has 2 aliphatic rings. The SMILES string of the molecule is O=c1[nH]c(C2=CC(N3CCN(c4nccs4)CC3)CC2)cc2sccc12. The van der Waals surface area contributed by atoms with E-state index in [1.807, 2.05) is 23.0 Å². The van der Waals surface area contributed by atoms with Crippen molar-refractivity contribution in [1.29, 1.82) is 0 Å². The minimum Gasteiger partial charge on any atom is -0.346 e. The van der Waals surface area contributed by atoms with Crippen LogP contribution in [0.5, 0.6) is 0 Å². The fourth-order valence-corrected chi connectivity index (χ4v) is 5.50. The Kier molecular flexibility index (Phi) is 4.15. The third-order valence-corrected chi connectivity index (χ3v) is 7.08. The van der Waals surface area contributed by atoms with Gasteiger partial charge in [0.2, 0.25) is 0 Å². The van der Waals surface area contributed by atoms with Crippen molar-refractivity contribution in [3.05, 3.63) is 51.2 Å². The van der Waals surface area contributed by atoms with Crippen LogP contribution < -0.4 is 10.5 Å². The van der Waals surface area contributed by atoms with Crippen molar-refractivity contribution >= 4 is 43.5 Å². The van der Waals surface area contributed by atoms with Crippen molar-refractivity contribution < 1.29 is 0 Å². The number of hydrogen-bond acceptors (Lipinski definition) is 6. The van der Waals surface area contributed by atoms with Gasteiger partial charge in [-0.05, 0) is 35.9 Å². The summed E-state index contributed by atoms with van der Waals surface area (Å²) < 4.78 is 1.07. The number of H-pyrrole nitrogens is 1. The Morgan fingerprint density at radius 2 is 2.04 bits per heavy atom. The molecule has 0 radical (unpaired) electrons. The predicted octanol–water partition coefficient (Wildman–Crippen LogP) is 3.41. The molecule has 0 spiro atoms. The molecule has 0 aromatic carbocycles. The number of thiophene rings is 1. The molecule has 1 aliphatic heterocycles. The second-order valence-electron chi connectivity index (χ2n) is 6.85. The van der Waals surface area contributed by atoms with Gasteiger partial charge in [0.1, 0.15) is 0 Å². The second kappa shape index (κ2) is 6.64. The molecular formula is C19H20N4OS2. The first kappa shape index (κ1) is 16.2. The maximum absolute atomic E-state index is 12.3. The first-order chi connectivity index (χ1) is 12.8. The van der Waals surface area contributed by atoms with Gasteiger partial charge in [0.15, 0.2) is 5.13 Å². The van der Waals surface area contributed by atoms with Crippen molar-refractivity contribution in [2.45, 2.75) is 18.9 Å². The molecule has 1 saturated heterocycles. The normalized spacial score (nSPS) is 21.5. The largest absolute Gasteiger partial charge is 0.346 e. The summed E-state index contributed by atoms with van der Waals surface area (Å²) in [6, 6.07) is 4.51. The highest BCUT2D eigenvalue weighted by Crippen LogP contribution is 2.32. The lowest BCUT2D eigenvalue weighted by atomic mass is 10.1. The molecule has 0 saturated carbocycles. The molecule has 1 unspecified atom stereocenters. The molecule has 1 aliphatic carbocycles. The van der Waals surface area contributed by atoms with Gasteiger partial charge in [0.25, 0.3) is 5.56 Å². The number of nitrogens with zero attached hydrogens (tertiary/aromatic N) is 3. The van der Waals surface area contributed by atoms with Crippen LogP contribution in [0, 0.1) is 0 Å². The van der Waals surface area contributed by atoms with Gasteiger partial charge in [0.05, 0.1) is 5.39 Å². The van der Waals surface area contributed by atoms with Gasteiger partial charge in [-0.15, -0.1) is 22.7 Å². The molecule has 4 heterocycles. The second-order valence-corrected chi connectivity index (χ2v) is 8.67. The number of anilines is 1. The molecule has 1 fully saturated rings. The van der Waals surface area contributed by atoms with E-state index in [1.165, 1.54) is 5.57 Å². The highest BCUT2D eigenvalue weighted by atomic mass is 32.1. The quantitative estimate of drug-likeness (QED) is 0.752. The maximum Gasteiger partial charge on any atom is 0.257 e. The average molecular weight is 385 g/mol. The van der Waals surface area contributed by atoms with Crippen molar-refractivity contribution in [3.63, 3.8) is 0 Å². The predicted molar refractivity (Wildman–Crippen MR) is 109 cm³/mol. The number of fused-ring (bicyclic) bond motifs is 1. The van der Waals surface area contributed by atoms with E-state index < -0.39 is 0 Å². The maximum atomic E-state index is 12.3. The minimum absolute atomic E-state index is 0.0279. The zero-order valence-corrected chi connectivity index (χ0v) is 16.0. The average Bonchev–Trinajstić information content (AvgIpc) is 3.41. The van der Waals surface area contributed by atoms with Gasteiger partial charge in [-0.2, -0.15) is 0 Å². The van der Waals surface area contributed by atoms with Gasteiger partial charge in [-0.1, -0.05) is 6.08 Å². The summed E-state index contributed by atoms with van der Waals surface area (Å²) in [5, 5.41) is 5.96. The highest BCUT2D eigenvalue weighted by molar-refractivity contribution is 7.17. The van der Waals surface area contributed by atoms with Gasteiger partial charge in [-0.25, -0.2) is 4.98 Å². The Hall–Kier alpha value is -1.96. The summed E-state index contributed by atoms with van der Waals surface area (Å²) in [5.74, 6) is 0. The zero-order valence-electron chi connectivity index (χ0n) is 14.4. The molecular weight excluding hydrogens is 364 g/mol. The van der Waals surface area contributed by atoms with Crippen LogP contribution in [0.4, 0.5) is 5.13 Å². The molecule has 134 valence electrons. The van der Waals surface area contributed by atoms with Gasteiger partial charge < -0.3 is 9.88 Å². The lowest BCUT2D eigenvalue weighted by molar-refractivity contribution is 0.214. The van der Waals surface area contributed by atoms with Crippen LogP contribution in [0.2, 0.25) is 0 Å². The van der Waals surface area contributed by atoms with Crippen LogP contribution in [0.15, 0.2) is 40.0 Å². The van der Waals surface area contributed by atoms with Gasteiger partial charge >= 0.3 is 0 Å². The number of nitrogens with one attached hydrogen (secondary N) is 1. The summed E-state index contributed by atoms with van der Waals surface area (Å²) in [4.78, 5) is 24.7. The van der Waals surface area contributed by atoms with Crippen LogP contribution in [-0.4, -0.2) is 47.1 Å². The highest BCUT2D eigenvalue weighted by Gasteiger charge is 2.27. The Balaban J connectivity index is 1.31. The topological polar surface area (TPSA) is 52.2 Å². The summed E-state index contributed by atoms with van der Waals surface area (Å²) in [5.41, 5.74) is 2.30. The van der Waals surface area contributed by atoms with Gasteiger partial charge in [-0.3, -0.25) is 9.69 Å². The number of pyridine rings is 1. The molecule has 26 heavy (non-hydrogen) atoms. The summed E-state index contributed by atoms with van der Waals surface area (Å²) in [6.07, 6.45) is 6.41. The smallest absolute Gasteiger partial charge is 0.257 e. The first-order valence-electron chi connectivity index (χ1n) is 8.98. The van der Waals surface area contributed by atoms with Crippen molar-refractivity contribution in [2.75, 3.05) is 31.1 Å². The standard InChI is InChI=1S/C19H20N4OS2/c24-18-15-3-9-25-17(15)12-16(21-18)13-1-2-14(11-13)22-5-7-23(8-6-22)19-20-4-10-26-19/h3-4,9-12,14H,1-2,5-8H2,(H,21,24). The molecule has 1 N–H and O–H groups in total. The van der Waals surface area contributed by atoms with Gasteiger partial charge in [0, 0.05) is 54.2 Å². The number of aromatic nitrogens is 2. The van der Waals surface area contributed by atoms with E-state index in [0.29, 0.717) is 6.04 Å². The summed E-state index contributed by atoms with van der Waals surface area (Å²) in [7, 11) is 0. The third-order valence-electron chi connectivity index (χ3n) is 5.39. The number of aromatic amines is 1. The molecule has 3 aromatic rings. The fraction of sp³-hybridized carbons (Fsp3) is 0.368. The van der Waals surface area contributed by atoms with Crippen LogP contribution in [0.25, 0.3) is 15.7 Å². The lowest BCUT2D eigenvalue weighted by Crippen LogP contribution is -2.49. The molecule has 5 nitrogen and oxygen atoms in total. The van der Waals surface area contributed by atoms with Crippen molar-refractivity contribution in [3.8, 4) is 0 Å². The fourth-order valence-electron chi connectivity index (χ4n) is 3.98. The monoisotopic (exact) mass is 384 g/mol. The van der Waals surface area contributed by atoms with Crippen molar-refractivity contribution in [1.82, 2.24) is 14.9 Å². The Morgan fingerprint density at radius 1 is 1.15 bits per heavy atom. The lowest BCUT2D eigenvalue weighted by Gasteiger charge is -2.37. The van der Waals surface area contributed by atoms with Crippen molar-refractivity contribution in [2.24, 2.45) is 0 Å². The van der Waals surface area contributed by atoms with Crippen LogP contribution >= 0.6 is 22.7 Å². The number of rotatable bonds is 3. The van der Waals surface area contributed by atoms with E-state index in [-0.39, 0.29) is 5.56 Å². The number of allylic oxidation sites excluding steroid dienone is 1. The van der Waals surface area contributed by atoms with Crippen LogP contribution in [0.1, 0.15) is 18.5 Å². The molecule has 0 amide bonds. The Morgan fingerprint density at radius 3 is 2.85 bits per heavy atom.